The fraction of sp³-hybridized carbons (Fsp3) is 0.455. The van der Waals surface area contributed by atoms with Gasteiger partial charge in [0.15, 0.2) is 0 Å². The van der Waals surface area contributed by atoms with E-state index < -0.39 is 0 Å². The third-order valence-corrected chi connectivity index (χ3v) is 1.63. The first-order valence-electron chi connectivity index (χ1n) is 4.41. The van der Waals surface area contributed by atoms with Crippen LogP contribution in [0.3, 0.4) is 0 Å². The van der Waals surface area contributed by atoms with Crippen LogP contribution in [-0.2, 0) is 4.74 Å². The topological polar surface area (TPSA) is 21.3 Å². The van der Waals surface area contributed by atoms with Gasteiger partial charge in [-0.1, -0.05) is 18.2 Å². The lowest BCUT2D eigenvalue weighted by atomic mass is 10.2. The molecular weight excluding hydrogens is 162 g/mol. The van der Waals surface area contributed by atoms with Crippen molar-refractivity contribution in [3.63, 3.8) is 0 Å². The quantitative estimate of drug-likeness (QED) is 0.657. The second-order valence-corrected chi connectivity index (χ2v) is 2.77. The van der Waals surface area contributed by atoms with Crippen LogP contribution in [0.25, 0.3) is 0 Å². The van der Waals surface area contributed by atoms with E-state index in [2.05, 4.69) is 11.4 Å². The highest BCUT2D eigenvalue weighted by atomic mass is 16.5. The highest BCUT2D eigenvalue weighted by Crippen LogP contribution is 1.99. The normalized spacial score (nSPS) is 13.8. The molecule has 0 saturated heterocycles. The Morgan fingerprint density at radius 3 is 2.54 bits per heavy atom. The van der Waals surface area contributed by atoms with Gasteiger partial charge in [0.1, 0.15) is 0 Å². The van der Waals surface area contributed by atoms with Crippen molar-refractivity contribution in [3.8, 4) is 0 Å². The van der Waals surface area contributed by atoms with Crippen molar-refractivity contribution in [2.24, 2.45) is 0 Å². The van der Waals surface area contributed by atoms with Crippen LogP contribution in [0.2, 0.25) is 0 Å². The number of rotatable bonds is 5. The van der Waals surface area contributed by atoms with Gasteiger partial charge >= 0.3 is 0 Å². The first-order chi connectivity index (χ1) is 6.24. The van der Waals surface area contributed by atoms with Gasteiger partial charge in [-0.05, 0) is 25.5 Å². The monoisotopic (exact) mass is 181 g/mol. The molecule has 0 aromatic heterocycles. The zero-order valence-corrected chi connectivity index (χ0v) is 8.92. The van der Waals surface area contributed by atoms with Crippen molar-refractivity contribution in [2.75, 3.05) is 20.8 Å². The van der Waals surface area contributed by atoms with Gasteiger partial charge in [-0.15, -0.1) is 0 Å². The van der Waals surface area contributed by atoms with E-state index in [1.54, 1.807) is 7.11 Å². The molecule has 0 aromatic rings. The molecule has 74 valence electrons. The smallest absolute Gasteiger partial charge is 0.0712 e. The molecule has 0 unspecified atom stereocenters. The summed E-state index contributed by atoms with van der Waals surface area (Å²) in [6.45, 7) is 4.67. The van der Waals surface area contributed by atoms with Crippen LogP contribution >= 0.6 is 0 Å². The highest BCUT2D eigenvalue weighted by Gasteiger charge is 1.88. The Morgan fingerprint density at radius 2 is 2.08 bits per heavy atom. The fourth-order valence-corrected chi connectivity index (χ4v) is 0.848. The maximum atomic E-state index is 5.05. The first-order valence-corrected chi connectivity index (χ1v) is 4.41. The summed E-state index contributed by atoms with van der Waals surface area (Å²) in [5.41, 5.74) is 2.30. The Bertz CT molecular complexity index is 214. The molecule has 0 spiro atoms. The lowest BCUT2D eigenvalue weighted by Gasteiger charge is -1.99. The van der Waals surface area contributed by atoms with Crippen molar-refractivity contribution in [1.82, 2.24) is 5.32 Å². The summed E-state index contributed by atoms with van der Waals surface area (Å²) in [6.07, 6.45) is 8.14. The molecule has 2 nitrogen and oxygen atoms in total. The summed E-state index contributed by atoms with van der Waals surface area (Å²) in [6, 6.07) is 0. The van der Waals surface area contributed by atoms with Crippen LogP contribution in [0.4, 0.5) is 0 Å². The molecule has 0 bridgehead atoms. The van der Waals surface area contributed by atoms with E-state index in [-0.39, 0.29) is 0 Å². The second-order valence-electron chi connectivity index (χ2n) is 2.77. The van der Waals surface area contributed by atoms with E-state index in [4.69, 9.17) is 4.74 Å². The summed E-state index contributed by atoms with van der Waals surface area (Å²) < 4.78 is 5.05. The van der Waals surface area contributed by atoms with Crippen LogP contribution in [-0.4, -0.2) is 20.8 Å². The van der Waals surface area contributed by atoms with E-state index in [1.807, 2.05) is 39.1 Å². The Balaban J connectivity index is 4.34. The molecule has 0 saturated carbocycles. The average molecular weight is 181 g/mol. The fourth-order valence-electron chi connectivity index (χ4n) is 0.848. The first kappa shape index (κ1) is 12.0. The van der Waals surface area contributed by atoms with E-state index >= 15 is 0 Å². The van der Waals surface area contributed by atoms with Gasteiger partial charge in [-0.2, -0.15) is 0 Å². The largest absolute Gasteiger partial charge is 0.392 e. The summed E-state index contributed by atoms with van der Waals surface area (Å²) in [7, 11) is 3.61. The van der Waals surface area contributed by atoms with Gasteiger partial charge in [0.2, 0.25) is 0 Å². The number of hydrogen-bond acceptors (Lipinski definition) is 2. The number of ether oxygens (including phenoxy) is 1. The summed E-state index contributed by atoms with van der Waals surface area (Å²) in [4.78, 5) is 0. The maximum absolute atomic E-state index is 5.05. The molecule has 2 heteroatoms. The molecule has 0 fully saturated rings. The lowest BCUT2D eigenvalue weighted by molar-refractivity contribution is 0.228. The second kappa shape index (κ2) is 7.62. The third kappa shape index (κ3) is 6.17. The van der Waals surface area contributed by atoms with Gasteiger partial charge in [-0.25, -0.2) is 0 Å². The molecule has 0 atom stereocenters. The van der Waals surface area contributed by atoms with E-state index in [0.717, 1.165) is 5.70 Å². The van der Waals surface area contributed by atoms with Gasteiger partial charge < -0.3 is 10.1 Å². The molecule has 0 aromatic carbocycles. The summed E-state index contributed by atoms with van der Waals surface area (Å²) >= 11 is 0. The highest BCUT2D eigenvalue weighted by molar-refractivity contribution is 5.25. The van der Waals surface area contributed by atoms with Crippen LogP contribution in [0.15, 0.2) is 35.6 Å². The van der Waals surface area contributed by atoms with Crippen LogP contribution in [0.1, 0.15) is 13.8 Å². The Morgan fingerprint density at radius 1 is 1.38 bits per heavy atom. The Kier molecular flexibility index (Phi) is 7.02. The zero-order chi connectivity index (χ0) is 10.1. The predicted octanol–water partition coefficient (Wildman–Crippen LogP) is 2.26. The Labute approximate surface area is 81.0 Å². The minimum atomic E-state index is 0.651. The third-order valence-electron chi connectivity index (χ3n) is 1.63. The van der Waals surface area contributed by atoms with E-state index in [0.29, 0.717) is 6.61 Å². The summed E-state index contributed by atoms with van der Waals surface area (Å²) in [5, 5.41) is 3.06. The van der Waals surface area contributed by atoms with Crippen LogP contribution < -0.4 is 5.32 Å². The van der Waals surface area contributed by atoms with Crippen LogP contribution in [0.5, 0.6) is 0 Å². The number of methoxy groups -OCH3 is 1. The van der Waals surface area contributed by atoms with Crippen LogP contribution in [0, 0.1) is 0 Å². The summed E-state index contributed by atoms with van der Waals surface area (Å²) in [5.74, 6) is 0. The van der Waals surface area contributed by atoms with Gasteiger partial charge in [0, 0.05) is 19.9 Å². The SMILES string of the molecule is C\C=C/C(=C\C=C(/C)NC)COC. The minimum Gasteiger partial charge on any atom is -0.392 e. The molecule has 0 heterocycles. The van der Waals surface area contributed by atoms with Crippen molar-refractivity contribution in [1.29, 1.82) is 0 Å². The average Bonchev–Trinajstić information content (AvgIpc) is 2.14. The maximum Gasteiger partial charge on any atom is 0.0712 e. The molecule has 0 aliphatic heterocycles. The lowest BCUT2D eigenvalue weighted by Crippen LogP contribution is -2.00. The van der Waals surface area contributed by atoms with Crippen molar-refractivity contribution in [2.45, 2.75) is 13.8 Å². The zero-order valence-electron chi connectivity index (χ0n) is 8.92. The number of allylic oxidation sites excluding steroid dienone is 4. The van der Waals surface area contributed by atoms with Gasteiger partial charge in [0.25, 0.3) is 0 Å². The Hall–Kier alpha value is -1.02. The molecule has 0 aliphatic carbocycles. The van der Waals surface area contributed by atoms with E-state index in [9.17, 15) is 0 Å². The molecule has 0 rings (SSSR count). The molecular formula is C11H19NO. The standard InChI is InChI=1S/C11H19NO/c1-5-6-11(9-13-4)8-7-10(2)12-3/h5-8,12H,9H2,1-4H3/b6-5-,10-7+,11-8+. The molecule has 0 amide bonds. The minimum absolute atomic E-state index is 0.651. The van der Waals surface area contributed by atoms with E-state index in [1.165, 1.54) is 5.57 Å². The predicted molar refractivity (Wildman–Crippen MR) is 57.6 cm³/mol. The van der Waals surface area contributed by atoms with Gasteiger partial charge in [0.05, 0.1) is 6.61 Å². The molecule has 13 heavy (non-hydrogen) atoms. The van der Waals surface area contributed by atoms with Crippen molar-refractivity contribution < 1.29 is 4.74 Å². The van der Waals surface area contributed by atoms with Crippen molar-refractivity contribution in [3.05, 3.63) is 35.6 Å². The number of hydrogen-bond donors (Lipinski definition) is 1. The van der Waals surface area contributed by atoms with Crippen molar-refractivity contribution >= 4 is 0 Å². The molecule has 0 aliphatic rings. The number of nitrogens with one attached hydrogen (secondary N) is 1. The van der Waals surface area contributed by atoms with Gasteiger partial charge in [-0.3, -0.25) is 0 Å². The molecule has 1 N–H and O–H groups in total. The molecule has 0 radical (unpaired) electrons.